The summed E-state index contributed by atoms with van der Waals surface area (Å²) in [4.78, 5) is 12.2. The maximum atomic E-state index is 12.2. The Morgan fingerprint density at radius 2 is 1.44 bits per heavy atom. The Hall–Kier alpha value is 0.0974. The van der Waals surface area contributed by atoms with Crippen LogP contribution in [0.5, 0.6) is 0 Å². The zero-order valence-electron chi connectivity index (χ0n) is 9.78. The Morgan fingerprint density at radius 1 is 0.889 bits per heavy atom. The SMILES string of the molecule is O=C(Pc1ccccc1)c1c(Br)cccc1Br.[Li]. The van der Waals surface area contributed by atoms with Crippen LogP contribution < -0.4 is 5.30 Å². The third kappa shape index (κ3) is 4.05. The van der Waals surface area contributed by atoms with E-state index in [-0.39, 0.29) is 33.0 Å². The molecule has 0 aliphatic heterocycles. The van der Waals surface area contributed by atoms with Crippen LogP contribution in [-0.2, 0) is 0 Å². The van der Waals surface area contributed by atoms with Gasteiger partial charge in [-0.15, -0.1) is 0 Å². The van der Waals surface area contributed by atoms with E-state index in [9.17, 15) is 4.79 Å². The molecule has 0 bridgehead atoms. The van der Waals surface area contributed by atoms with Crippen molar-refractivity contribution in [2.45, 2.75) is 0 Å². The summed E-state index contributed by atoms with van der Waals surface area (Å²) in [6.45, 7) is 0. The molecule has 0 saturated carbocycles. The van der Waals surface area contributed by atoms with Crippen molar-refractivity contribution in [3.05, 3.63) is 63.0 Å². The molecular weight excluding hydrogens is 370 g/mol. The standard InChI is InChI=1S/C13H9Br2OP.Li/c14-10-7-4-8-11(15)12(10)13(16)17-9-5-2-1-3-6-9;/h1-8,17H;. The Labute approximate surface area is 137 Å². The Morgan fingerprint density at radius 3 is 2.00 bits per heavy atom. The molecule has 2 rings (SSSR count). The van der Waals surface area contributed by atoms with Gasteiger partial charge in [0.2, 0.25) is 0 Å². The van der Waals surface area contributed by atoms with Crippen molar-refractivity contribution >= 4 is 70.1 Å². The normalized spacial score (nSPS) is 10.3. The van der Waals surface area contributed by atoms with Crippen LogP contribution in [-0.4, -0.2) is 24.4 Å². The largest absolute Gasteiger partial charge is 0.289 e. The maximum absolute atomic E-state index is 12.2. The van der Waals surface area contributed by atoms with E-state index in [1.165, 1.54) is 0 Å². The molecule has 1 unspecified atom stereocenters. The Balaban J connectivity index is 0.00000162. The smallest absolute Gasteiger partial charge is 0.187 e. The molecule has 0 amide bonds. The second kappa shape index (κ2) is 7.63. The quantitative estimate of drug-likeness (QED) is 0.583. The van der Waals surface area contributed by atoms with E-state index in [2.05, 4.69) is 31.9 Å². The van der Waals surface area contributed by atoms with Gasteiger partial charge < -0.3 is 0 Å². The first-order valence-electron chi connectivity index (χ1n) is 4.99. The van der Waals surface area contributed by atoms with Gasteiger partial charge in [-0.3, -0.25) is 4.79 Å². The third-order valence-electron chi connectivity index (χ3n) is 2.22. The summed E-state index contributed by atoms with van der Waals surface area (Å²) in [6.07, 6.45) is 0. The number of hydrogen-bond acceptors (Lipinski definition) is 1. The van der Waals surface area contributed by atoms with Crippen LogP contribution >= 0.6 is 40.4 Å². The minimum Gasteiger partial charge on any atom is -0.289 e. The second-order valence-electron chi connectivity index (χ2n) is 3.42. The number of benzene rings is 2. The third-order valence-corrected chi connectivity index (χ3v) is 4.64. The molecule has 0 N–H and O–H groups in total. The summed E-state index contributed by atoms with van der Waals surface area (Å²) in [7, 11) is 0.150. The Bertz CT molecular complexity index is 526. The zero-order valence-corrected chi connectivity index (χ0v) is 14.0. The van der Waals surface area contributed by atoms with Crippen molar-refractivity contribution in [2.75, 3.05) is 0 Å². The fourth-order valence-corrected chi connectivity index (χ4v) is 4.17. The van der Waals surface area contributed by atoms with Crippen molar-refractivity contribution in [1.29, 1.82) is 0 Å². The average molecular weight is 379 g/mol. The van der Waals surface area contributed by atoms with Crippen LogP contribution in [0.25, 0.3) is 0 Å². The van der Waals surface area contributed by atoms with Crippen LogP contribution in [0.4, 0.5) is 0 Å². The average Bonchev–Trinajstić information content (AvgIpc) is 2.30. The molecule has 1 atom stereocenters. The summed E-state index contributed by atoms with van der Waals surface area (Å²) in [5.41, 5.74) is 0.852. The van der Waals surface area contributed by atoms with E-state index in [1.54, 1.807) is 0 Å². The fraction of sp³-hybridized carbons (Fsp3) is 0. The summed E-state index contributed by atoms with van der Waals surface area (Å²) in [5.74, 6) is 0. The van der Waals surface area contributed by atoms with Crippen LogP contribution in [0.3, 0.4) is 0 Å². The van der Waals surface area contributed by atoms with Gasteiger partial charge in [0.1, 0.15) is 0 Å². The summed E-state index contributed by atoms with van der Waals surface area (Å²) in [6, 6.07) is 15.5. The first kappa shape index (κ1) is 16.2. The van der Waals surface area contributed by atoms with Gasteiger partial charge in [-0.05, 0) is 57.9 Å². The van der Waals surface area contributed by atoms with Crippen LogP contribution in [0.15, 0.2) is 57.5 Å². The van der Waals surface area contributed by atoms with E-state index in [1.807, 2.05) is 48.5 Å². The van der Waals surface area contributed by atoms with Gasteiger partial charge in [-0.25, -0.2) is 0 Å². The molecule has 5 heteroatoms. The number of hydrogen-bond donors (Lipinski definition) is 0. The molecule has 0 heterocycles. The molecule has 0 aliphatic carbocycles. The molecule has 0 aromatic heterocycles. The van der Waals surface area contributed by atoms with Crippen molar-refractivity contribution in [3.63, 3.8) is 0 Å². The maximum Gasteiger partial charge on any atom is 0.187 e. The summed E-state index contributed by atoms with van der Waals surface area (Å²) >= 11 is 6.83. The molecule has 18 heavy (non-hydrogen) atoms. The molecular formula is C13H9Br2LiOP. The van der Waals surface area contributed by atoms with Gasteiger partial charge >= 0.3 is 0 Å². The Kier molecular flexibility index (Phi) is 6.85. The van der Waals surface area contributed by atoms with Gasteiger partial charge in [0.05, 0.1) is 5.56 Å². The van der Waals surface area contributed by atoms with Crippen LogP contribution in [0.2, 0.25) is 0 Å². The molecule has 1 nitrogen and oxygen atoms in total. The van der Waals surface area contributed by atoms with Crippen LogP contribution in [0.1, 0.15) is 10.4 Å². The number of carbonyl (C=O) groups is 1. The van der Waals surface area contributed by atoms with Gasteiger partial charge in [0, 0.05) is 27.8 Å². The molecule has 0 fully saturated rings. The van der Waals surface area contributed by atoms with E-state index in [0.717, 1.165) is 19.8 Å². The van der Waals surface area contributed by atoms with E-state index in [0.29, 0.717) is 0 Å². The predicted molar refractivity (Wildman–Crippen MR) is 86.3 cm³/mol. The van der Waals surface area contributed by atoms with Gasteiger partial charge in [0.25, 0.3) is 0 Å². The van der Waals surface area contributed by atoms with Crippen molar-refractivity contribution in [3.8, 4) is 0 Å². The molecule has 1 radical (unpaired) electrons. The van der Waals surface area contributed by atoms with Crippen molar-refractivity contribution in [1.82, 2.24) is 0 Å². The second-order valence-corrected chi connectivity index (χ2v) is 6.41. The number of rotatable bonds is 3. The monoisotopic (exact) mass is 377 g/mol. The predicted octanol–water partition coefficient (Wildman–Crippen LogP) is 3.98. The van der Waals surface area contributed by atoms with E-state index in [4.69, 9.17) is 0 Å². The van der Waals surface area contributed by atoms with Crippen LogP contribution in [0, 0.1) is 0 Å². The molecule has 87 valence electrons. The minimum absolute atomic E-state index is 0. The fourth-order valence-electron chi connectivity index (χ4n) is 1.43. The van der Waals surface area contributed by atoms with Gasteiger partial charge in [-0.2, -0.15) is 0 Å². The number of carbonyl (C=O) groups excluding carboxylic acids is 1. The first-order chi connectivity index (χ1) is 8.18. The summed E-state index contributed by atoms with van der Waals surface area (Å²) < 4.78 is 1.67. The van der Waals surface area contributed by atoms with Gasteiger partial charge in [-0.1, -0.05) is 36.4 Å². The van der Waals surface area contributed by atoms with E-state index < -0.39 is 0 Å². The first-order valence-corrected chi connectivity index (χ1v) is 7.57. The molecule has 0 aliphatic rings. The molecule has 0 spiro atoms. The topological polar surface area (TPSA) is 17.1 Å². The van der Waals surface area contributed by atoms with Crippen molar-refractivity contribution in [2.24, 2.45) is 0 Å². The molecule has 0 saturated heterocycles. The molecule has 2 aromatic rings. The zero-order chi connectivity index (χ0) is 12.3. The van der Waals surface area contributed by atoms with E-state index >= 15 is 0 Å². The number of halogens is 2. The minimum atomic E-state index is 0. The van der Waals surface area contributed by atoms with Gasteiger partial charge in [0.15, 0.2) is 5.52 Å². The van der Waals surface area contributed by atoms with Crippen molar-refractivity contribution < 1.29 is 4.79 Å². The molecule has 2 aromatic carbocycles. The summed E-state index contributed by atoms with van der Waals surface area (Å²) in [5, 5.41) is 1.06.